The minimum Gasteiger partial charge on any atom is -0.367 e. The van der Waals surface area contributed by atoms with E-state index in [-0.39, 0.29) is 28.6 Å². The number of aryl methyl sites for hydroxylation is 1. The average Bonchev–Trinajstić information content (AvgIpc) is 3.06. The molecular weight excluding hydrogens is 433 g/mol. The topological polar surface area (TPSA) is 100 Å². The van der Waals surface area contributed by atoms with Gasteiger partial charge in [0.1, 0.15) is 11.2 Å². The summed E-state index contributed by atoms with van der Waals surface area (Å²) in [6.07, 6.45) is -0.272. The standard InChI is InChI=1S/C20H21F3N4O3S/c1-27-11-26-17-15(12-4-6-13(7-5-12)20(21,22)23)10-25-18(16(17)19(27)28)24-9-14-3-2-8-31(14,29)30/h4-7,10-11,14,29-30H,2-3,8-9H2,1H3,(H,24,25). The van der Waals surface area contributed by atoms with Gasteiger partial charge in [-0.15, -0.1) is 0 Å². The molecule has 4 rings (SSSR count). The molecule has 1 atom stereocenters. The Morgan fingerprint density at radius 3 is 2.55 bits per heavy atom. The van der Waals surface area contributed by atoms with Crippen LogP contribution in [0.25, 0.3) is 22.0 Å². The van der Waals surface area contributed by atoms with E-state index < -0.39 is 22.3 Å². The first-order valence-corrected chi connectivity index (χ1v) is 11.4. The van der Waals surface area contributed by atoms with Crippen molar-refractivity contribution >= 4 is 27.3 Å². The van der Waals surface area contributed by atoms with Crippen molar-refractivity contribution in [3.05, 3.63) is 52.7 Å². The second-order valence-corrected chi connectivity index (χ2v) is 10.1. The molecule has 1 saturated heterocycles. The molecule has 31 heavy (non-hydrogen) atoms. The summed E-state index contributed by atoms with van der Waals surface area (Å²) >= 11 is 0. The van der Waals surface area contributed by atoms with Crippen molar-refractivity contribution in [2.75, 3.05) is 17.6 Å². The second kappa shape index (κ2) is 7.81. The van der Waals surface area contributed by atoms with E-state index in [2.05, 4.69) is 15.3 Å². The Morgan fingerprint density at radius 2 is 1.94 bits per heavy atom. The highest BCUT2D eigenvalue weighted by molar-refractivity contribution is 8.25. The van der Waals surface area contributed by atoms with Crippen LogP contribution in [0.1, 0.15) is 18.4 Å². The van der Waals surface area contributed by atoms with Crippen LogP contribution in [-0.2, 0) is 13.2 Å². The molecule has 166 valence electrons. The number of rotatable bonds is 4. The predicted octanol–water partition coefficient (Wildman–Crippen LogP) is 4.34. The summed E-state index contributed by atoms with van der Waals surface area (Å²) in [5, 5.41) is 2.91. The Hall–Kier alpha value is -2.63. The zero-order chi connectivity index (χ0) is 22.4. The summed E-state index contributed by atoms with van der Waals surface area (Å²) in [5.41, 5.74) is 0.0382. The van der Waals surface area contributed by atoms with Crippen molar-refractivity contribution in [2.24, 2.45) is 7.05 Å². The highest BCUT2D eigenvalue weighted by Gasteiger charge is 2.32. The maximum absolute atomic E-state index is 12.9. The molecule has 3 N–H and O–H groups in total. The fourth-order valence-corrected chi connectivity index (χ4v) is 5.54. The Morgan fingerprint density at radius 1 is 1.23 bits per heavy atom. The molecule has 0 bridgehead atoms. The number of halogens is 3. The number of hydrogen-bond donors (Lipinski definition) is 3. The van der Waals surface area contributed by atoms with Gasteiger partial charge in [0.15, 0.2) is 0 Å². The Bertz CT molecular complexity index is 1180. The van der Waals surface area contributed by atoms with Crippen LogP contribution in [0, 0.1) is 0 Å². The number of hydrogen-bond acceptors (Lipinski definition) is 6. The third-order valence-corrected chi connectivity index (χ3v) is 7.83. The zero-order valence-corrected chi connectivity index (χ0v) is 17.4. The van der Waals surface area contributed by atoms with E-state index >= 15 is 0 Å². The number of alkyl halides is 3. The lowest BCUT2D eigenvalue weighted by Gasteiger charge is -2.34. The number of benzene rings is 1. The fourth-order valence-electron chi connectivity index (χ4n) is 3.72. The van der Waals surface area contributed by atoms with Gasteiger partial charge in [0.25, 0.3) is 5.56 Å². The molecule has 7 nitrogen and oxygen atoms in total. The van der Waals surface area contributed by atoms with Crippen molar-refractivity contribution < 1.29 is 22.3 Å². The maximum atomic E-state index is 12.9. The molecule has 3 heterocycles. The van der Waals surface area contributed by atoms with Gasteiger partial charge in [0.05, 0.1) is 22.7 Å². The van der Waals surface area contributed by atoms with E-state index in [4.69, 9.17) is 0 Å². The summed E-state index contributed by atoms with van der Waals surface area (Å²) in [4.78, 5) is 21.5. The summed E-state index contributed by atoms with van der Waals surface area (Å²) in [6.45, 7) is 0.238. The van der Waals surface area contributed by atoms with Gasteiger partial charge in [-0.1, -0.05) is 12.1 Å². The molecular formula is C20H21F3N4O3S. The Kier molecular flexibility index (Phi) is 5.44. The van der Waals surface area contributed by atoms with Crippen molar-refractivity contribution in [3.63, 3.8) is 0 Å². The van der Waals surface area contributed by atoms with Crippen LogP contribution >= 0.6 is 10.6 Å². The van der Waals surface area contributed by atoms with Gasteiger partial charge in [-0.25, -0.2) is 9.97 Å². The van der Waals surface area contributed by atoms with Crippen molar-refractivity contribution in [1.82, 2.24) is 14.5 Å². The number of anilines is 1. The minimum atomic E-state index is -4.45. The van der Waals surface area contributed by atoms with E-state index in [1.807, 2.05) is 0 Å². The van der Waals surface area contributed by atoms with E-state index in [1.165, 1.54) is 36.3 Å². The largest absolute Gasteiger partial charge is 0.416 e. The monoisotopic (exact) mass is 454 g/mol. The molecule has 2 aromatic heterocycles. The molecule has 1 unspecified atom stereocenters. The van der Waals surface area contributed by atoms with Crippen LogP contribution in [0.2, 0.25) is 0 Å². The quantitative estimate of drug-likeness (QED) is 0.542. The van der Waals surface area contributed by atoms with Crippen LogP contribution in [-0.4, -0.2) is 41.2 Å². The highest BCUT2D eigenvalue weighted by Crippen LogP contribution is 2.52. The lowest BCUT2D eigenvalue weighted by atomic mass is 10.0. The first kappa shape index (κ1) is 21.6. The number of aromatic nitrogens is 3. The van der Waals surface area contributed by atoms with Crippen LogP contribution in [0.3, 0.4) is 0 Å². The van der Waals surface area contributed by atoms with Crippen molar-refractivity contribution in [1.29, 1.82) is 0 Å². The van der Waals surface area contributed by atoms with Crippen molar-refractivity contribution in [3.8, 4) is 11.1 Å². The molecule has 1 aliphatic rings. The SMILES string of the molecule is Cn1cnc2c(-c3ccc(C(F)(F)F)cc3)cnc(NCC3CCCS3(O)O)c2c1=O. The summed E-state index contributed by atoms with van der Waals surface area (Å²) < 4.78 is 60.2. The molecule has 0 radical (unpaired) electrons. The van der Waals surface area contributed by atoms with E-state index in [1.54, 1.807) is 0 Å². The minimum absolute atomic E-state index is 0.192. The third kappa shape index (κ3) is 4.12. The molecule has 3 aromatic rings. The number of pyridine rings is 1. The van der Waals surface area contributed by atoms with E-state index in [9.17, 15) is 27.1 Å². The normalized spacial score (nSPS) is 19.5. The molecule has 1 aliphatic heterocycles. The van der Waals surface area contributed by atoms with E-state index in [0.717, 1.165) is 18.6 Å². The summed E-state index contributed by atoms with van der Waals surface area (Å²) in [5.74, 6) is 0.616. The lowest BCUT2D eigenvalue weighted by molar-refractivity contribution is -0.137. The molecule has 11 heteroatoms. The van der Waals surface area contributed by atoms with Gasteiger partial charge in [0, 0.05) is 31.1 Å². The van der Waals surface area contributed by atoms with Gasteiger partial charge in [-0.2, -0.15) is 23.8 Å². The average molecular weight is 454 g/mol. The van der Waals surface area contributed by atoms with Crippen LogP contribution in [0.15, 0.2) is 41.6 Å². The summed E-state index contributed by atoms with van der Waals surface area (Å²) in [7, 11) is -1.14. The van der Waals surface area contributed by atoms with E-state index in [0.29, 0.717) is 28.8 Å². The van der Waals surface area contributed by atoms with Gasteiger partial charge >= 0.3 is 6.18 Å². The number of fused-ring (bicyclic) bond motifs is 1. The number of nitrogens with one attached hydrogen (secondary N) is 1. The first-order valence-electron chi connectivity index (χ1n) is 9.58. The maximum Gasteiger partial charge on any atom is 0.416 e. The number of nitrogens with zero attached hydrogens (tertiary/aromatic N) is 3. The zero-order valence-electron chi connectivity index (χ0n) is 16.6. The molecule has 0 spiro atoms. The third-order valence-electron chi connectivity index (χ3n) is 5.47. The fraction of sp³-hybridized carbons (Fsp3) is 0.350. The lowest BCUT2D eigenvalue weighted by Crippen LogP contribution is -2.25. The molecule has 0 aliphatic carbocycles. The van der Waals surface area contributed by atoms with Gasteiger partial charge in [-0.3, -0.25) is 13.9 Å². The molecule has 1 fully saturated rings. The Balaban J connectivity index is 1.75. The highest BCUT2D eigenvalue weighted by atomic mass is 32.3. The second-order valence-electron chi connectivity index (χ2n) is 7.55. The van der Waals surface area contributed by atoms with Gasteiger partial charge < -0.3 is 9.88 Å². The predicted molar refractivity (Wildman–Crippen MR) is 114 cm³/mol. The Labute approximate surface area is 177 Å². The van der Waals surface area contributed by atoms with Crippen LogP contribution in [0.4, 0.5) is 19.0 Å². The van der Waals surface area contributed by atoms with Gasteiger partial charge in [0.2, 0.25) is 0 Å². The molecule has 1 aromatic carbocycles. The first-order chi connectivity index (χ1) is 14.6. The van der Waals surface area contributed by atoms with Crippen LogP contribution in [0.5, 0.6) is 0 Å². The summed E-state index contributed by atoms with van der Waals surface area (Å²) in [6, 6.07) is 4.58. The molecule has 0 amide bonds. The van der Waals surface area contributed by atoms with Crippen molar-refractivity contribution in [2.45, 2.75) is 24.3 Å². The van der Waals surface area contributed by atoms with Crippen LogP contribution < -0.4 is 10.9 Å². The smallest absolute Gasteiger partial charge is 0.367 e. The van der Waals surface area contributed by atoms with Gasteiger partial charge in [-0.05, 0) is 30.5 Å². The molecule has 0 saturated carbocycles.